The highest BCUT2D eigenvalue weighted by atomic mass is 32.2. The summed E-state index contributed by atoms with van der Waals surface area (Å²) >= 11 is 1.77. The summed E-state index contributed by atoms with van der Waals surface area (Å²) in [5, 5.41) is 3.64. The third-order valence-corrected chi connectivity index (χ3v) is 4.38. The predicted molar refractivity (Wildman–Crippen MR) is 83.8 cm³/mol. The fraction of sp³-hybridized carbons (Fsp3) is 0.250. The Morgan fingerprint density at radius 2 is 2.11 bits per heavy atom. The number of anilines is 2. The van der Waals surface area contributed by atoms with Crippen LogP contribution in [0, 0.1) is 0 Å². The highest BCUT2D eigenvalue weighted by Crippen LogP contribution is 2.35. The molecule has 1 unspecified atom stereocenters. The molecule has 1 aliphatic rings. The molecule has 0 saturated carbocycles. The second-order valence-corrected chi connectivity index (χ2v) is 5.81. The second kappa shape index (κ2) is 5.17. The van der Waals surface area contributed by atoms with E-state index in [4.69, 9.17) is 5.73 Å². The number of benzene rings is 2. The largest absolute Gasteiger partial charge is 0.399 e. The van der Waals surface area contributed by atoms with E-state index in [2.05, 4.69) is 48.0 Å². The maximum atomic E-state index is 5.84. The summed E-state index contributed by atoms with van der Waals surface area (Å²) < 4.78 is 0. The van der Waals surface area contributed by atoms with Crippen LogP contribution in [0.15, 0.2) is 47.4 Å². The van der Waals surface area contributed by atoms with Crippen LogP contribution in [0.25, 0.3) is 0 Å². The van der Waals surface area contributed by atoms with Crippen molar-refractivity contribution in [2.75, 3.05) is 17.3 Å². The van der Waals surface area contributed by atoms with Crippen molar-refractivity contribution in [2.24, 2.45) is 0 Å². The number of nitrogens with two attached hydrogens (primary N) is 1. The van der Waals surface area contributed by atoms with Gasteiger partial charge in [0.15, 0.2) is 0 Å². The monoisotopic (exact) mass is 270 g/mol. The Bertz CT molecular complexity index is 595. The molecule has 0 aliphatic heterocycles. The zero-order valence-electron chi connectivity index (χ0n) is 11.0. The molecule has 2 aromatic rings. The van der Waals surface area contributed by atoms with E-state index in [1.165, 1.54) is 21.7 Å². The molecular formula is C16H18N2S. The predicted octanol–water partition coefficient (Wildman–Crippen LogP) is 4.09. The molecule has 0 spiro atoms. The van der Waals surface area contributed by atoms with E-state index in [0.29, 0.717) is 6.04 Å². The van der Waals surface area contributed by atoms with Gasteiger partial charge in [-0.1, -0.05) is 12.1 Å². The molecular weight excluding hydrogens is 252 g/mol. The maximum Gasteiger partial charge on any atom is 0.0519 e. The van der Waals surface area contributed by atoms with Gasteiger partial charge in [0.2, 0.25) is 0 Å². The van der Waals surface area contributed by atoms with Gasteiger partial charge in [0.25, 0.3) is 0 Å². The highest BCUT2D eigenvalue weighted by molar-refractivity contribution is 7.98. The first-order chi connectivity index (χ1) is 9.26. The zero-order chi connectivity index (χ0) is 13.2. The number of thioether (sulfide) groups is 1. The van der Waals surface area contributed by atoms with Gasteiger partial charge in [-0.15, -0.1) is 11.8 Å². The first-order valence-corrected chi connectivity index (χ1v) is 7.77. The standard InChI is InChI=1S/C16H18N2S/c1-19-14-4-2-3-13(10-14)18-16-8-5-11-9-12(17)6-7-15(11)16/h2-4,6-7,9-10,16,18H,5,8,17H2,1H3. The number of hydrogen-bond donors (Lipinski definition) is 2. The average molecular weight is 270 g/mol. The molecule has 0 saturated heterocycles. The summed E-state index contributed by atoms with van der Waals surface area (Å²) in [6.45, 7) is 0. The molecule has 1 atom stereocenters. The van der Waals surface area contributed by atoms with Crippen LogP contribution in [0.3, 0.4) is 0 Å². The van der Waals surface area contributed by atoms with Gasteiger partial charge in [0.1, 0.15) is 0 Å². The fourth-order valence-corrected chi connectivity index (χ4v) is 3.16. The van der Waals surface area contributed by atoms with Gasteiger partial charge in [-0.25, -0.2) is 0 Å². The summed E-state index contributed by atoms with van der Waals surface area (Å²) in [5.74, 6) is 0. The number of aryl methyl sites for hydroxylation is 1. The van der Waals surface area contributed by atoms with Crippen molar-refractivity contribution >= 4 is 23.1 Å². The number of fused-ring (bicyclic) bond motifs is 1. The number of nitrogen functional groups attached to an aromatic ring is 1. The van der Waals surface area contributed by atoms with Crippen molar-refractivity contribution in [2.45, 2.75) is 23.8 Å². The molecule has 3 rings (SSSR count). The molecule has 1 aliphatic carbocycles. The Balaban J connectivity index is 1.82. The van der Waals surface area contributed by atoms with Crippen LogP contribution >= 0.6 is 11.8 Å². The molecule has 2 nitrogen and oxygen atoms in total. The summed E-state index contributed by atoms with van der Waals surface area (Å²) in [4.78, 5) is 1.29. The first kappa shape index (κ1) is 12.4. The van der Waals surface area contributed by atoms with E-state index in [-0.39, 0.29) is 0 Å². The molecule has 0 bridgehead atoms. The minimum absolute atomic E-state index is 0.410. The van der Waals surface area contributed by atoms with Crippen LogP contribution in [0.4, 0.5) is 11.4 Å². The second-order valence-electron chi connectivity index (χ2n) is 4.93. The quantitative estimate of drug-likeness (QED) is 0.651. The SMILES string of the molecule is CSc1cccc(NC2CCc3cc(N)ccc32)c1. The lowest BCUT2D eigenvalue weighted by atomic mass is 10.1. The van der Waals surface area contributed by atoms with Crippen LogP contribution < -0.4 is 11.1 Å². The van der Waals surface area contributed by atoms with Crippen molar-refractivity contribution in [1.82, 2.24) is 0 Å². The van der Waals surface area contributed by atoms with E-state index in [9.17, 15) is 0 Å². The normalized spacial score (nSPS) is 17.2. The number of rotatable bonds is 3. The Morgan fingerprint density at radius 1 is 1.21 bits per heavy atom. The van der Waals surface area contributed by atoms with E-state index < -0.39 is 0 Å². The Hall–Kier alpha value is -1.61. The molecule has 98 valence electrons. The van der Waals surface area contributed by atoms with Crippen molar-refractivity contribution in [3.8, 4) is 0 Å². The molecule has 2 aromatic carbocycles. The van der Waals surface area contributed by atoms with E-state index in [0.717, 1.165) is 18.5 Å². The molecule has 0 heterocycles. The van der Waals surface area contributed by atoms with Gasteiger partial charge in [-0.3, -0.25) is 0 Å². The lowest BCUT2D eigenvalue weighted by Crippen LogP contribution is -2.07. The van der Waals surface area contributed by atoms with Gasteiger partial charge in [0.05, 0.1) is 6.04 Å². The molecule has 3 heteroatoms. The van der Waals surface area contributed by atoms with Crippen LogP contribution in [-0.4, -0.2) is 6.26 Å². The highest BCUT2D eigenvalue weighted by Gasteiger charge is 2.22. The maximum absolute atomic E-state index is 5.84. The summed E-state index contributed by atoms with van der Waals surface area (Å²) in [6, 6.07) is 15.3. The average Bonchev–Trinajstić information content (AvgIpc) is 2.81. The minimum atomic E-state index is 0.410. The van der Waals surface area contributed by atoms with Crippen LogP contribution in [0.2, 0.25) is 0 Å². The van der Waals surface area contributed by atoms with Gasteiger partial charge in [0, 0.05) is 16.3 Å². The van der Waals surface area contributed by atoms with E-state index in [1.807, 2.05) is 6.07 Å². The van der Waals surface area contributed by atoms with Crippen LogP contribution in [-0.2, 0) is 6.42 Å². The smallest absolute Gasteiger partial charge is 0.0519 e. The van der Waals surface area contributed by atoms with E-state index >= 15 is 0 Å². The van der Waals surface area contributed by atoms with Crippen LogP contribution in [0.1, 0.15) is 23.6 Å². The molecule has 0 radical (unpaired) electrons. The topological polar surface area (TPSA) is 38.0 Å². The molecule has 0 aromatic heterocycles. The fourth-order valence-electron chi connectivity index (χ4n) is 2.70. The van der Waals surface area contributed by atoms with E-state index in [1.54, 1.807) is 11.8 Å². The van der Waals surface area contributed by atoms with Crippen molar-refractivity contribution in [1.29, 1.82) is 0 Å². The summed E-state index contributed by atoms with van der Waals surface area (Å²) in [5.41, 5.74) is 10.7. The third-order valence-electron chi connectivity index (χ3n) is 3.66. The lowest BCUT2D eigenvalue weighted by Gasteiger charge is -2.16. The van der Waals surface area contributed by atoms with Crippen LogP contribution in [0.5, 0.6) is 0 Å². The number of hydrogen-bond acceptors (Lipinski definition) is 3. The third kappa shape index (κ3) is 2.56. The van der Waals surface area contributed by atoms with Gasteiger partial charge in [-0.05, 0) is 60.6 Å². The Kier molecular flexibility index (Phi) is 3.38. The summed E-state index contributed by atoms with van der Waals surface area (Å²) in [7, 11) is 0. The number of nitrogens with one attached hydrogen (secondary N) is 1. The van der Waals surface area contributed by atoms with Crippen molar-refractivity contribution < 1.29 is 0 Å². The van der Waals surface area contributed by atoms with Gasteiger partial charge < -0.3 is 11.1 Å². The van der Waals surface area contributed by atoms with Crippen molar-refractivity contribution in [3.05, 3.63) is 53.6 Å². The van der Waals surface area contributed by atoms with Crippen molar-refractivity contribution in [3.63, 3.8) is 0 Å². The molecule has 0 amide bonds. The summed E-state index contributed by atoms with van der Waals surface area (Å²) in [6.07, 6.45) is 4.36. The van der Waals surface area contributed by atoms with Gasteiger partial charge in [-0.2, -0.15) is 0 Å². The minimum Gasteiger partial charge on any atom is -0.399 e. The lowest BCUT2D eigenvalue weighted by molar-refractivity contribution is 0.762. The molecule has 3 N–H and O–H groups in total. The van der Waals surface area contributed by atoms with Gasteiger partial charge >= 0.3 is 0 Å². The zero-order valence-corrected chi connectivity index (χ0v) is 11.8. The Labute approximate surface area is 118 Å². The molecule has 19 heavy (non-hydrogen) atoms. The Morgan fingerprint density at radius 3 is 2.95 bits per heavy atom. The first-order valence-electron chi connectivity index (χ1n) is 6.55. The molecule has 0 fully saturated rings.